The Hall–Kier alpha value is -0.455. The molecule has 0 bridgehead atoms. The smallest absolute Gasteiger partial charge is 0.427 e. The van der Waals surface area contributed by atoms with E-state index in [1.54, 1.807) is 19.1 Å². The number of carbonyl (C=O) groups is 1. The van der Waals surface area contributed by atoms with Gasteiger partial charge in [-0.25, -0.2) is 0 Å². The summed E-state index contributed by atoms with van der Waals surface area (Å²) >= 11 is 0. The molecule has 0 aliphatic rings. The van der Waals surface area contributed by atoms with Gasteiger partial charge in [0.1, 0.15) is 5.75 Å². The first-order chi connectivity index (χ1) is 6.20. The number of ether oxygens (including phenoxy) is 1. The van der Waals surface area contributed by atoms with Gasteiger partial charge < -0.3 is 16.0 Å². The number of para-hydroxylation sites is 1. The second-order valence-corrected chi connectivity index (χ2v) is 2.22. The minimum absolute atomic E-state index is 0. The van der Waals surface area contributed by atoms with E-state index in [-0.39, 0.29) is 46.4 Å². The van der Waals surface area contributed by atoms with E-state index in [4.69, 9.17) is 9.84 Å². The van der Waals surface area contributed by atoms with Crippen molar-refractivity contribution in [3.05, 3.63) is 30.3 Å². The van der Waals surface area contributed by atoms with E-state index < -0.39 is 0 Å². The van der Waals surface area contributed by atoms with Gasteiger partial charge in [-0.1, -0.05) is 18.2 Å². The van der Waals surface area contributed by atoms with Crippen molar-refractivity contribution in [2.24, 2.45) is 0 Å². The van der Waals surface area contributed by atoms with Crippen LogP contribution >= 0.6 is 0 Å². The fraction of sp³-hybridized carbons (Fsp3) is 0.300. The van der Waals surface area contributed by atoms with Gasteiger partial charge >= 0.3 is 33.6 Å². The van der Waals surface area contributed by atoms with Gasteiger partial charge in [-0.2, -0.15) is 0 Å². The molecule has 0 heterocycles. The van der Waals surface area contributed by atoms with E-state index >= 15 is 0 Å². The number of benzene rings is 1. The van der Waals surface area contributed by atoms with Crippen LogP contribution in [0.25, 0.3) is 0 Å². The average Bonchev–Trinajstić information content (AvgIpc) is 2.06. The van der Waals surface area contributed by atoms with Gasteiger partial charge in [0, 0.05) is 13.5 Å². The Kier molecular flexibility index (Phi) is 18.1. The fourth-order valence-corrected chi connectivity index (χ4v) is 0.655. The molecular weight excluding hydrogens is 383 g/mol. The number of hydrogen-bond donors (Lipinski definition) is 2. The summed E-state index contributed by atoms with van der Waals surface area (Å²) in [6.45, 7) is 3.31. The number of hydrogen-bond acceptors (Lipinski definition) is 3. The summed E-state index contributed by atoms with van der Waals surface area (Å²) in [5.74, 6) is 0.307. The van der Waals surface area contributed by atoms with Gasteiger partial charge in [0.25, 0.3) is 0 Å². The number of aliphatic hydroxyl groups is 1. The largest absolute Gasteiger partial charge is 2.00 e. The molecule has 0 unspecified atom stereocenters. The van der Waals surface area contributed by atoms with E-state index in [0.29, 0.717) is 5.75 Å². The Balaban J connectivity index is -0.000000260. The van der Waals surface area contributed by atoms with Gasteiger partial charge in [-0.15, -0.1) is 0 Å². The van der Waals surface area contributed by atoms with Crippen LogP contribution in [0.3, 0.4) is 0 Å². The van der Waals surface area contributed by atoms with Crippen LogP contribution in [0.5, 0.6) is 5.75 Å². The molecule has 1 aromatic rings. The number of aliphatic hydroxyl groups excluding tert-OH is 1. The van der Waals surface area contributed by atoms with Gasteiger partial charge in [0.15, 0.2) is 0 Å². The van der Waals surface area contributed by atoms with Crippen LogP contribution < -0.4 is 10.9 Å². The normalized spacial score (nSPS) is 7.13. The van der Waals surface area contributed by atoms with E-state index in [0.717, 1.165) is 0 Å². The van der Waals surface area contributed by atoms with Crippen LogP contribution in [0.1, 0.15) is 13.8 Å². The summed E-state index contributed by atoms with van der Waals surface area (Å²) < 4.78 is 4.78. The Morgan fingerprint density at radius 1 is 1.33 bits per heavy atom. The molecule has 0 aliphatic carbocycles. The van der Waals surface area contributed by atoms with Crippen molar-refractivity contribution < 1.29 is 42.3 Å². The van der Waals surface area contributed by atoms with Crippen molar-refractivity contribution >= 4 is 5.97 Å². The van der Waals surface area contributed by atoms with Gasteiger partial charge in [-0.3, -0.25) is 4.79 Å². The van der Waals surface area contributed by atoms with E-state index in [1.165, 1.54) is 6.92 Å². The molecule has 0 spiro atoms. The molecule has 80 valence electrons. The van der Waals surface area contributed by atoms with Gasteiger partial charge in [0.05, 0.1) is 0 Å². The molecule has 0 saturated heterocycles. The van der Waals surface area contributed by atoms with Crippen LogP contribution in [0.2, 0.25) is 0 Å². The van der Waals surface area contributed by atoms with Crippen LogP contribution in [0, 0.1) is 0 Å². The fourth-order valence-electron chi connectivity index (χ4n) is 0.655. The van der Waals surface area contributed by atoms with Crippen molar-refractivity contribution in [3.63, 3.8) is 0 Å². The molecule has 5 N–H and O–H groups in total. The molecule has 0 atom stereocenters. The molecule has 1 rings (SSSR count). The maximum absolute atomic E-state index is 10.4. The Bertz CT molecular complexity index is 242. The summed E-state index contributed by atoms with van der Waals surface area (Å²) in [5.41, 5.74) is 0. The average molecular weight is 401 g/mol. The summed E-state index contributed by atoms with van der Waals surface area (Å²) in [6.07, 6.45) is 0. The van der Waals surface area contributed by atoms with Crippen molar-refractivity contribution in [3.8, 4) is 5.75 Å². The minimum Gasteiger partial charge on any atom is -0.427 e. The molecule has 0 saturated carbocycles. The monoisotopic (exact) mass is 402 g/mol. The Morgan fingerprint density at radius 3 is 2.07 bits per heavy atom. The summed E-state index contributed by atoms with van der Waals surface area (Å²) in [7, 11) is 0. The molecule has 0 radical (unpaired) electrons. The molecule has 0 aromatic heterocycles. The zero-order valence-electron chi connectivity index (χ0n) is 9.56. The molecule has 1 aromatic carbocycles. The SMILES string of the molecule is CC(=O)Oc1ccccc1.CCO.[Hg+2].[NH4+]. The second kappa shape index (κ2) is 13.5. The van der Waals surface area contributed by atoms with Crippen molar-refractivity contribution in [2.75, 3.05) is 6.61 Å². The molecule has 5 heteroatoms. The molecule has 0 fully saturated rings. The zero-order chi connectivity index (χ0) is 10.1. The van der Waals surface area contributed by atoms with Gasteiger partial charge in [-0.05, 0) is 19.1 Å². The predicted octanol–water partition coefficient (Wildman–Crippen LogP) is 1.98. The van der Waals surface area contributed by atoms with E-state index in [2.05, 4.69) is 0 Å². The van der Waals surface area contributed by atoms with Crippen LogP contribution in [0.15, 0.2) is 30.3 Å². The van der Waals surface area contributed by atoms with Crippen molar-refractivity contribution in [1.29, 1.82) is 0 Å². The third-order valence-corrected chi connectivity index (χ3v) is 1.00. The maximum Gasteiger partial charge on any atom is 2.00 e. The van der Waals surface area contributed by atoms with Crippen LogP contribution in [0.4, 0.5) is 0 Å². The molecule has 0 amide bonds. The predicted molar refractivity (Wildman–Crippen MR) is 56.5 cm³/mol. The summed E-state index contributed by atoms with van der Waals surface area (Å²) in [4.78, 5) is 10.4. The summed E-state index contributed by atoms with van der Waals surface area (Å²) in [5, 5.41) is 7.57. The first-order valence-electron chi connectivity index (χ1n) is 4.05. The molecule has 0 aliphatic heterocycles. The number of rotatable bonds is 1. The van der Waals surface area contributed by atoms with Crippen molar-refractivity contribution in [2.45, 2.75) is 13.8 Å². The third kappa shape index (κ3) is 13.5. The first kappa shape index (κ1) is 20.0. The number of carbonyl (C=O) groups excluding carboxylic acids is 1. The standard InChI is InChI=1S/C8H8O2.C2H6O.Hg.H3N/c1-7(9)10-8-5-3-2-4-6-8;1-2-3;;/h2-6H,1H3;3H,2H2,1H3;;1H3/q;;+2;/p+1. The Morgan fingerprint density at radius 2 is 1.73 bits per heavy atom. The van der Waals surface area contributed by atoms with E-state index in [9.17, 15) is 4.79 Å². The second-order valence-electron chi connectivity index (χ2n) is 2.22. The number of quaternary nitrogens is 1. The van der Waals surface area contributed by atoms with Crippen LogP contribution in [-0.2, 0) is 32.5 Å². The molecule has 15 heavy (non-hydrogen) atoms. The Labute approximate surface area is 111 Å². The van der Waals surface area contributed by atoms with Gasteiger partial charge in [0.2, 0.25) is 0 Å². The quantitative estimate of drug-likeness (QED) is 0.429. The zero-order valence-corrected chi connectivity index (χ0v) is 15.1. The van der Waals surface area contributed by atoms with Crippen molar-refractivity contribution in [1.82, 2.24) is 6.15 Å². The third-order valence-electron chi connectivity index (χ3n) is 1.00. The van der Waals surface area contributed by atoms with E-state index in [1.807, 2.05) is 18.2 Å². The minimum atomic E-state index is -0.286. The molecule has 4 nitrogen and oxygen atoms in total. The maximum atomic E-state index is 10.4. The topological polar surface area (TPSA) is 83.0 Å². The first-order valence-corrected chi connectivity index (χ1v) is 4.05. The van der Waals surface area contributed by atoms with Crippen LogP contribution in [-0.4, -0.2) is 17.7 Å². The number of esters is 1. The summed E-state index contributed by atoms with van der Waals surface area (Å²) in [6, 6.07) is 8.98. The molecular formula is C10H18HgNO3+3.